The van der Waals surface area contributed by atoms with Crippen molar-refractivity contribution in [3.63, 3.8) is 0 Å². The summed E-state index contributed by atoms with van der Waals surface area (Å²) in [5.41, 5.74) is 7.56. The Morgan fingerprint density at radius 3 is 2.90 bits per heavy atom. The second kappa shape index (κ2) is 8.02. The Morgan fingerprint density at radius 2 is 2.24 bits per heavy atom. The standard InChI is InChI=1S/C14H17ClN4O.ClH/c1-10-13(14(20)17-7-3-6-16)9-18-19(10)12-5-2-4-11(15)8-12;/h2,4-5,8-9H,3,6-7,16H2,1H3,(H,17,20);1H. The minimum Gasteiger partial charge on any atom is -0.352 e. The third-order valence-electron chi connectivity index (χ3n) is 2.97. The smallest absolute Gasteiger partial charge is 0.254 e. The number of benzene rings is 1. The summed E-state index contributed by atoms with van der Waals surface area (Å²) in [6, 6.07) is 7.34. The van der Waals surface area contributed by atoms with Gasteiger partial charge in [-0.3, -0.25) is 4.79 Å². The molecule has 1 aromatic carbocycles. The average Bonchev–Trinajstić information content (AvgIpc) is 2.81. The van der Waals surface area contributed by atoms with E-state index in [-0.39, 0.29) is 18.3 Å². The molecule has 21 heavy (non-hydrogen) atoms. The van der Waals surface area contributed by atoms with Crippen molar-refractivity contribution in [1.82, 2.24) is 15.1 Å². The molecule has 0 aliphatic carbocycles. The first kappa shape index (κ1) is 17.5. The molecule has 0 saturated heterocycles. The van der Waals surface area contributed by atoms with Gasteiger partial charge >= 0.3 is 0 Å². The molecule has 2 rings (SSSR count). The zero-order valence-corrected chi connectivity index (χ0v) is 13.2. The van der Waals surface area contributed by atoms with E-state index in [0.717, 1.165) is 17.8 Å². The van der Waals surface area contributed by atoms with Crippen molar-refractivity contribution < 1.29 is 4.79 Å². The molecule has 0 saturated carbocycles. The quantitative estimate of drug-likeness (QED) is 0.827. The van der Waals surface area contributed by atoms with Gasteiger partial charge in [0.05, 0.1) is 23.1 Å². The maximum atomic E-state index is 12.0. The molecule has 2 aromatic rings. The van der Waals surface area contributed by atoms with Gasteiger partial charge in [0.25, 0.3) is 5.91 Å². The van der Waals surface area contributed by atoms with Gasteiger partial charge in [-0.1, -0.05) is 17.7 Å². The Hall–Kier alpha value is -1.56. The summed E-state index contributed by atoms with van der Waals surface area (Å²) in [4.78, 5) is 12.0. The SMILES string of the molecule is Cc1c(C(=O)NCCCN)cnn1-c1cccc(Cl)c1.Cl. The number of rotatable bonds is 5. The molecule has 0 radical (unpaired) electrons. The summed E-state index contributed by atoms with van der Waals surface area (Å²) in [6.07, 6.45) is 2.32. The van der Waals surface area contributed by atoms with Crippen molar-refractivity contribution in [2.24, 2.45) is 5.73 Å². The van der Waals surface area contributed by atoms with Crippen molar-refractivity contribution in [3.05, 3.63) is 46.7 Å². The molecule has 0 bridgehead atoms. The third kappa shape index (κ3) is 4.20. The molecule has 1 heterocycles. The van der Waals surface area contributed by atoms with Crippen LogP contribution in [-0.2, 0) is 0 Å². The van der Waals surface area contributed by atoms with Crippen LogP contribution in [0.25, 0.3) is 5.69 Å². The highest BCUT2D eigenvalue weighted by Gasteiger charge is 2.14. The van der Waals surface area contributed by atoms with Crippen molar-refractivity contribution in [1.29, 1.82) is 0 Å². The lowest BCUT2D eigenvalue weighted by Gasteiger charge is -2.06. The number of carbonyl (C=O) groups excluding carboxylic acids is 1. The fourth-order valence-corrected chi connectivity index (χ4v) is 2.08. The van der Waals surface area contributed by atoms with Crippen molar-refractivity contribution in [3.8, 4) is 5.69 Å². The molecule has 0 aliphatic rings. The van der Waals surface area contributed by atoms with E-state index in [1.165, 1.54) is 0 Å². The van der Waals surface area contributed by atoms with E-state index < -0.39 is 0 Å². The Kier molecular flexibility index (Phi) is 6.68. The number of amides is 1. The summed E-state index contributed by atoms with van der Waals surface area (Å²) < 4.78 is 1.70. The van der Waals surface area contributed by atoms with E-state index in [0.29, 0.717) is 23.7 Å². The minimum atomic E-state index is -0.135. The largest absolute Gasteiger partial charge is 0.352 e. The molecule has 114 valence electrons. The number of aromatic nitrogens is 2. The van der Waals surface area contributed by atoms with Crippen LogP contribution in [0.3, 0.4) is 0 Å². The Balaban J connectivity index is 0.00000220. The highest BCUT2D eigenvalue weighted by atomic mass is 35.5. The summed E-state index contributed by atoms with van der Waals surface area (Å²) in [7, 11) is 0. The van der Waals surface area contributed by atoms with Crippen LogP contribution in [0.2, 0.25) is 5.02 Å². The maximum Gasteiger partial charge on any atom is 0.254 e. The van der Waals surface area contributed by atoms with Crippen molar-refractivity contribution >= 4 is 29.9 Å². The van der Waals surface area contributed by atoms with Crippen LogP contribution in [0.1, 0.15) is 22.5 Å². The minimum absolute atomic E-state index is 0. The number of halogens is 2. The molecule has 0 aliphatic heterocycles. The van der Waals surface area contributed by atoms with Crippen LogP contribution >= 0.6 is 24.0 Å². The number of nitrogens with zero attached hydrogens (tertiary/aromatic N) is 2. The van der Waals surface area contributed by atoms with E-state index in [4.69, 9.17) is 17.3 Å². The van der Waals surface area contributed by atoms with Gasteiger partial charge in [-0.2, -0.15) is 5.10 Å². The number of hydrogen-bond donors (Lipinski definition) is 2. The second-order valence-electron chi connectivity index (χ2n) is 4.43. The Morgan fingerprint density at radius 1 is 1.48 bits per heavy atom. The molecule has 0 fully saturated rings. The van der Waals surface area contributed by atoms with Crippen LogP contribution in [0.4, 0.5) is 0 Å². The van der Waals surface area contributed by atoms with Crippen LogP contribution < -0.4 is 11.1 Å². The summed E-state index contributed by atoms with van der Waals surface area (Å²) in [5.74, 6) is -0.135. The zero-order chi connectivity index (χ0) is 14.5. The number of hydrogen-bond acceptors (Lipinski definition) is 3. The van der Waals surface area contributed by atoms with Gasteiger partial charge in [-0.05, 0) is 38.1 Å². The summed E-state index contributed by atoms with van der Waals surface area (Å²) >= 11 is 5.97. The first-order chi connectivity index (χ1) is 9.63. The molecule has 5 nitrogen and oxygen atoms in total. The number of nitrogens with two attached hydrogens (primary N) is 1. The summed E-state index contributed by atoms with van der Waals surface area (Å²) in [6.45, 7) is 2.98. The number of nitrogens with one attached hydrogen (secondary N) is 1. The van der Waals surface area contributed by atoms with Crippen LogP contribution in [-0.4, -0.2) is 28.8 Å². The van der Waals surface area contributed by atoms with Gasteiger partial charge in [0.1, 0.15) is 0 Å². The van der Waals surface area contributed by atoms with Gasteiger partial charge in [0.15, 0.2) is 0 Å². The van der Waals surface area contributed by atoms with Crippen LogP contribution in [0.15, 0.2) is 30.5 Å². The molecule has 3 N–H and O–H groups in total. The van der Waals surface area contributed by atoms with E-state index >= 15 is 0 Å². The molecule has 7 heteroatoms. The van der Waals surface area contributed by atoms with Gasteiger partial charge in [0, 0.05) is 11.6 Å². The first-order valence-electron chi connectivity index (χ1n) is 6.42. The highest BCUT2D eigenvalue weighted by molar-refractivity contribution is 6.30. The molecule has 0 spiro atoms. The second-order valence-corrected chi connectivity index (χ2v) is 4.87. The van der Waals surface area contributed by atoms with Crippen molar-refractivity contribution in [2.45, 2.75) is 13.3 Å². The van der Waals surface area contributed by atoms with E-state index in [2.05, 4.69) is 10.4 Å². The lowest BCUT2D eigenvalue weighted by atomic mass is 10.2. The maximum absolute atomic E-state index is 12.0. The lowest BCUT2D eigenvalue weighted by molar-refractivity contribution is 0.0953. The monoisotopic (exact) mass is 328 g/mol. The number of carbonyl (C=O) groups is 1. The van der Waals surface area contributed by atoms with Crippen molar-refractivity contribution in [2.75, 3.05) is 13.1 Å². The highest BCUT2D eigenvalue weighted by Crippen LogP contribution is 2.17. The summed E-state index contributed by atoms with van der Waals surface area (Å²) in [5, 5.41) is 7.70. The topological polar surface area (TPSA) is 72.9 Å². The fourth-order valence-electron chi connectivity index (χ4n) is 1.90. The Bertz CT molecular complexity index is 613. The van der Waals surface area contributed by atoms with E-state index in [1.807, 2.05) is 19.1 Å². The van der Waals surface area contributed by atoms with Crippen LogP contribution in [0, 0.1) is 6.92 Å². The average molecular weight is 329 g/mol. The Labute approximate surface area is 134 Å². The predicted octanol–water partition coefficient (Wildman–Crippen LogP) is 2.33. The van der Waals surface area contributed by atoms with Crippen LogP contribution in [0.5, 0.6) is 0 Å². The molecular weight excluding hydrogens is 311 g/mol. The van der Waals surface area contributed by atoms with E-state index in [1.54, 1.807) is 23.0 Å². The predicted molar refractivity (Wildman–Crippen MR) is 86.6 cm³/mol. The van der Waals surface area contributed by atoms with E-state index in [9.17, 15) is 4.79 Å². The zero-order valence-electron chi connectivity index (χ0n) is 11.7. The molecule has 1 aromatic heterocycles. The molecule has 1 amide bonds. The lowest BCUT2D eigenvalue weighted by Crippen LogP contribution is -2.26. The van der Waals surface area contributed by atoms with Gasteiger partial charge in [-0.25, -0.2) is 4.68 Å². The molecule has 0 atom stereocenters. The fraction of sp³-hybridized carbons (Fsp3) is 0.286. The molecular formula is C14H18Cl2N4O. The first-order valence-corrected chi connectivity index (χ1v) is 6.80. The third-order valence-corrected chi connectivity index (χ3v) is 3.21. The molecule has 0 unspecified atom stereocenters. The normalized spacial score (nSPS) is 10.0. The van der Waals surface area contributed by atoms with Gasteiger partial charge < -0.3 is 11.1 Å². The van der Waals surface area contributed by atoms with Gasteiger partial charge in [0.2, 0.25) is 0 Å². The van der Waals surface area contributed by atoms with Gasteiger partial charge in [-0.15, -0.1) is 12.4 Å².